The number of rotatable bonds is 4. The molecule has 2 aromatic carbocycles. The van der Waals surface area contributed by atoms with Gasteiger partial charge < -0.3 is 11.1 Å². The lowest BCUT2D eigenvalue weighted by Crippen LogP contribution is -2.28. The van der Waals surface area contributed by atoms with Crippen LogP contribution in [0, 0.1) is 0 Å². The van der Waals surface area contributed by atoms with Crippen LogP contribution in [0.1, 0.15) is 50.4 Å². The van der Waals surface area contributed by atoms with E-state index in [2.05, 4.69) is 50.4 Å². The minimum Gasteiger partial charge on any atom is -0.399 e. The third kappa shape index (κ3) is 5.57. The Bertz CT molecular complexity index is 658. The third-order valence-electron chi connectivity index (χ3n) is 4.00. The van der Waals surface area contributed by atoms with Crippen LogP contribution in [0.25, 0.3) is 0 Å². The van der Waals surface area contributed by atoms with Crippen LogP contribution in [0.3, 0.4) is 0 Å². The van der Waals surface area contributed by atoms with Gasteiger partial charge in [-0.3, -0.25) is 4.79 Å². The van der Waals surface area contributed by atoms with Crippen LogP contribution in [0.2, 0.25) is 0 Å². The predicted molar refractivity (Wildman–Crippen MR) is 104 cm³/mol. The Morgan fingerprint density at radius 2 is 1.58 bits per heavy atom. The number of hydrogen-bond acceptors (Lipinski definition) is 2. The molecule has 0 spiro atoms. The van der Waals surface area contributed by atoms with Crippen molar-refractivity contribution in [1.82, 2.24) is 5.32 Å². The molecule has 3 nitrogen and oxygen atoms in total. The molecule has 0 aliphatic carbocycles. The topological polar surface area (TPSA) is 55.1 Å². The van der Waals surface area contributed by atoms with Gasteiger partial charge in [-0.25, -0.2) is 0 Å². The van der Waals surface area contributed by atoms with Gasteiger partial charge >= 0.3 is 0 Å². The fraction of sp³-hybridized carbons (Fsp3) is 0.350. The van der Waals surface area contributed by atoms with Crippen molar-refractivity contribution in [2.24, 2.45) is 0 Å². The zero-order valence-corrected chi connectivity index (χ0v) is 15.6. The van der Waals surface area contributed by atoms with E-state index in [0.29, 0.717) is 12.1 Å². The van der Waals surface area contributed by atoms with Crippen LogP contribution < -0.4 is 11.1 Å². The summed E-state index contributed by atoms with van der Waals surface area (Å²) < 4.78 is 0. The average molecular weight is 347 g/mol. The standard InChI is InChI=1S/C20H26N2O.ClH/c1-14(16-7-9-17(10-8-16)20(2,3)4)22-19(23)13-15-5-11-18(21)12-6-15;/h5-12,14H,13,21H2,1-4H3,(H,22,23);1H. The molecule has 0 heterocycles. The molecule has 3 N–H and O–H groups in total. The summed E-state index contributed by atoms with van der Waals surface area (Å²) in [5.41, 5.74) is 9.88. The number of halogens is 1. The van der Waals surface area contributed by atoms with E-state index in [1.54, 1.807) is 0 Å². The van der Waals surface area contributed by atoms with Crippen molar-refractivity contribution in [2.75, 3.05) is 5.73 Å². The molecular formula is C20H27ClN2O. The van der Waals surface area contributed by atoms with Gasteiger partial charge in [-0.1, -0.05) is 57.2 Å². The van der Waals surface area contributed by atoms with Crippen LogP contribution in [0.15, 0.2) is 48.5 Å². The van der Waals surface area contributed by atoms with Crippen molar-refractivity contribution in [3.05, 3.63) is 65.2 Å². The van der Waals surface area contributed by atoms with Crippen LogP contribution in [0.4, 0.5) is 5.69 Å². The molecule has 1 unspecified atom stereocenters. The first-order valence-electron chi connectivity index (χ1n) is 8.00. The van der Waals surface area contributed by atoms with E-state index in [4.69, 9.17) is 5.73 Å². The van der Waals surface area contributed by atoms with Gasteiger partial charge in [-0.05, 0) is 41.2 Å². The molecule has 0 fully saturated rings. The molecule has 2 rings (SSSR count). The molecular weight excluding hydrogens is 320 g/mol. The lowest BCUT2D eigenvalue weighted by molar-refractivity contribution is -0.121. The zero-order chi connectivity index (χ0) is 17.0. The normalized spacial score (nSPS) is 12.2. The summed E-state index contributed by atoms with van der Waals surface area (Å²) >= 11 is 0. The number of nitrogens with one attached hydrogen (secondary N) is 1. The fourth-order valence-electron chi connectivity index (χ4n) is 2.47. The summed E-state index contributed by atoms with van der Waals surface area (Å²) in [5, 5.41) is 3.05. The fourth-order valence-corrected chi connectivity index (χ4v) is 2.47. The number of amides is 1. The summed E-state index contributed by atoms with van der Waals surface area (Å²) in [6.07, 6.45) is 0.366. The van der Waals surface area contributed by atoms with Gasteiger partial charge in [0.2, 0.25) is 5.91 Å². The summed E-state index contributed by atoms with van der Waals surface area (Å²) in [5.74, 6) is 0.0159. The molecule has 130 valence electrons. The van der Waals surface area contributed by atoms with Crippen molar-refractivity contribution >= 4 is 24.0 Å². The maximum Gasteiger partial charge on any atom is 0.224 e. The number of carbonyl (C=O) groups excluding carboxylic acids is 1. The quantitative estimate of drug-likeness (QED) is 0.806. The molecule has 0 aliphatic heterocycles. The predicted octanol–water partition coefficient (Wildman–Crippen LogP) is 4.41. The second kappa shape index (κ2) is 8.20. The first-order valence-corrected chi connectivity index (χ1v) is 8.00. The Hall–Kier alpha value is -2.00. The molecule has 4 heteroatoms. The highest BCUT2D eigenvalue weighted by Crippen LogP contribution is 2.23. The molecule has 1 atom stereocenters. The van der Waals surface area contributed by atoms with Crippen molar-refractivity contribution in [1.29, 1.82) is 0 Å². The highest BCUT2D eigenvalue weighted by atomic mass is 35.5. The lowest BCUT2D eigenvalue weighted by atomic mass is 9.86. The Labute approximate surface area is 151 Å². The molecule has 2 aromatic rings. The van der Waals surface area contributed by atoms with E-state index in [-0.39, 0.29) is 29.8 Å². The smallest absolute Gasteiger partial charge is 0.224 e. The number of carbonyl (C=O) groups is 1. The van der Waals surface area contributed by atoms with Crippen LogP contribution in [-0.2, 0) is 16.6 Å². The van der Waals surface area contributed by atoms with Crippen molar-refractivity contribution in [2.45, 2.75) is 45.6 Å². The second-order valence-corrected chi connectivity index (χ2v) is 7.08. The number of anilines is 1. The SMILES string of the molecule is CC(NC(=O)Cc1ccc(N)cc1)c1ccc(C(C)(C)C)cc1.Cl. The van der Waals surface area contributed by atoms with E-state index in [1.165, 1.54) is 5.56 Å². The van der Waals surface area contributed by atoms with E-state index in [0.717, 1.165) is 11.1 Å². The summed E-state index contributed by atoms with van der Waals surface area (Å²) in [6.45, 7) is 8.59. The average Bonchev–Trinajstić information content (AvgIpc) is 2.49. The first kappa shape index (κ1) is 20.0. The summed E-state index contributed by atoms with van der Waals surface area (Å²) in [6, 6.07) is 15.9. The molecule has 0 saturated carbocycles. The number of nitrogens with two attached hydrogens (primary N) is 1. The van der Waals surface area contributed by atoms with Crippen molar-refractivity contribution in [3.63, 3.8) is 0 Å². The van der Waals surface area contributed by atoms with Crippen LogP contribution in [-0.4, -0.2) is 5.91 Å². The van der Waals surface area contributed by atoms with Gasteiger partial charge in [0.15, 0.2) is 0 Å². The van der Waals surface area contributed by atoms with E-state index < -0.39 is 0 Å². The monoisotopic (exact) mass is 346 g/mol. The molecule has 0 radical (unpaired) electrons. The molecule has 1 amide bonds. The number of nitrogen functional groups attached to an aromatic ring is 1. The number of benzene rings is 2. The Morgan fingerprint density at radius 3 is 2.08 bits per heavy atom. The van der Waals surface area contributed by atoms with Crippen molar-refractivity contribution in [3.8, 4) is 0 Å². The Kier molecular flexibility index (Phi) is 6.85. The summed E-state index contributed by atoms with van der Waals surface area (Å²) in [4.78, 5) is 12.2. The molecule has 0 aromatic heterocycles. The summed E-state index contributed by atoms with van der Waals surface area (Å²) in [7, 11) is 0. The van der Waals surface area contributed by atoms with Gasteiger partial charge in [0, 0.05) is 5.69 Å². The molecule has 0 saturated heterocycles. The number of hydrogen-bond donors (Lipinski definition) is 2. The van der Waals surface area contributed by atoms with Gasteiger partial charge in [-0.15, -0.1) is 12.4 Å². The maximum atomic E-state index is 12.2. The zero-order valence-electron chi connectivity index (χ0n) is 14.8. The molecule has 0 aliphatic rings. The van der Waals surface area contributed by atoms with Crippen molar-refractivity contribution < 1.29 is 4.79 Å². The highest BCUT2D eigenvalue weighted by Gasteiger charge is 2.15. The van der Waals surface area contributed by atoms with Gasteiger partial charge in [-0.2, -0.15) is 0 Å². The minimum atomic E-state index is -0.00898. The maximum absolute atomic E-state index is 12.2. The van der Waals surface area contributed by atoms with E-state index in [1.807, 2.05) is 31.2 Å². The first-order chi connectivity index (χ1) is 10.8. The van der Waals surface area contributed by atoms with E-state index >= 15 is 0 Å². The second-order valence-electron chi connectivity index (χ2n) is 7.08. The Morgan fingerprint density at radius 1 is 1.04 bits per heavy atom. The highest BCUT2D eigenvalue weighted by molar-refractivity contribution is 5.85. The Balaban J connectivity index is 0.00000288. The van der Waals surface area contributed by atoms with Crippen LogP contribution in [0.5, 0.6) is 0 Å². The molecule has 24 heavy (non-hydrogen) atoms. The van der Waals surface area contributed by atoms with E-state index in [9.17, 15) is 4.79 Å². The third-order valence-corrected chi connectivity index (χ3v) is 4.00. The largest absolute Gasteiger partial charge is 0.399 e. The lowest BCUT2D eigenvalue weighted by Gasteiger charge is -2.20. The molecule has 0 bridgehead atoms. The van der Waals surface area contributed by atoms with Gasteiger partial charge in [0.25, 0.3) is 0 Å². The minimum absolute atomic E-state index is 0. The van der Waals surface area contributed by atoms with Crippen LogP contribution >= 0.6 is 12.4 Å². The van der Waals surface area contributed by atoms with Gasteiger partial charge in [0.05, 0.1) is 12.5 Å². The van der Waals surface area contributed by atoms with Gasteiger partial charge in [0.1, 0.15) is 0 Å².